The maximum absolute atomic E-state index is 13.3. The molecule has 0 radical (unpaired) electrons. The Hall–Kier alpha value is -0.160. The van der Waals surface area contributed by atoms with Crippen LogP contribution < -0.4 is 0 Å². The summed E-state index contributed by atoms with van der Waals surface area (Å²) in [5, 5.41) is -5.17. The molecular formula is C10H4Br2F16. The molecule has 0 aliphatic heterocycles. The van der Waals surface area contributed by atoms with Gasteiger partial charge in [0.05, 0.1) is 10.7 Å². The minimum Gasteiger partial charge on any atom is -0.199 e. The molecule has 0 aromatic carbocycles. The van der Waals surface area contributed by atoms with Crippen LogP contribution in [0.3, 0.4) is 0 Å². The average Bonchev–Trinajstić information content (AvgIpc) is 2.53. The third kappa shape index (κ3) is 3.36. The zero-order valence-electron chi connectivity index (χ0n) is 12.2. The highest BCUT2D eigenvalue weighted by atomic mass is 79.9. The summed E-state index contributed by atoms with van der Waals surface area (Å²) in [7, 11) is 0. The summed E-state index contributed by atoms with van der Waals surface area (Å²) in [5.74, 6) is -60.5. The zero-order valence-corrected chi connectivity index (χ0v) is 15.4. The fourth-order valence-electron chi connectivity index (χ4n) is 1.42. The van der Waals surface area contributed by atoms with Crippen molar-refractivity contribution in [3.63, 3.8) is 0 Å². The van der Waals surface area contributed by atoms with Crippen molar-refractivity contribution in [1.82, 2.24) is 0 Å². The number of halogens is 18. The Bertz CT molecular complexity index is 518. The largest absolute Gasteiger partial charge is 0.384 e. The van der Waals surface area contributed by atoms with Gasteiger partial charge in [0.2, 0.25) is 0 Å². The summed E-state index contributed by atoms with van der Waals surface area (Å²) < 4.78 is 209. The topological polar surface area (TPSA) is 0 Å². The summed E-state index contributed by atoms with van der Waals surface area (Å²) in [6, 6.07) is 0. The van der Waals surface area contributed by atoms with Crippen LogP contribution in [0.25, 0.3) is 0 Å². The van der Waals surface area contributed by atoms with E-state index in [2.05, 4.69) is 0 Å². The molecule has 0 unspecified atom stereocenters. The van der Waals surface area contributed by atoms with E-state index in [9.17, 15) is 70.2 Å². The molecule has 0 saturated carbocycles. The molecule has 0 aliphatic rings. The van der Waals surface area contributed by atoms with Crippen LogP contribution in [-0.4, -0.2) is 58.0 Å². The monoisotopic (exact) mass is 586 g/mol. The molecule has 0 saturated heterocycles. The minimum atomic E-state index is -8.36. The van der Waals surface area contributed by atoms with Gasteiger partial charge in [0.15, 0.2) is 0 Å². The summed E-state index contributed by atoms with van der Waals surface area (Å²) in [6.07, 6.45) is 0. The van der Waals surface area contributed by atoms with Gasteiger partial charge in [-0.2, -0.15) is 70.2 Å². The van der Waals surface area contributed by atoms with Crippen LogP contribution in [-0.2, 0) is 0 Å². The predicted octanol–water partition coefficient (Wildman–Crippen LogP) is 6.86. The SMILES string of the molecule is FC(F)(CBr)C(F)(F)C(F)(F)C(F)(F)C(F)(F)C(F)(F)C(F)(F)C(F)(F)CBr. The zero-order chi connectivity index (χ0) is 23.4. The van der Waals surface area contributed by atoms with Gasteiger partial charge in [0.1, 0.15) is 0 Å². The van der Waals surface area contributed by atoms with Gasteiger partial charge in [-0.05, 0) is 0 Å². The first-order valence-electron chi connectivity index (χ1n) is 6.02. The molecule has 0 bridgehead atoms. The van der Waals surface area contributed by atoms with E-state index in [1.807, 2.05) is 0 Å². The molecular weight excluding hydrogens is 584 g/mol. The van der Waals surface area contributed by atoms with Gasteiger partial charge in [-0.25, -0.2) is 0 Å². The molecule has 0 nitrogen and oxygen atoms in total. The van der Waals surface area contributed by atoms with E-state index in [4.69, 9.17) is 0 Å². The molecule has 0 aliphatic carbocycles. The molecule has 0 fully saturated rings. The molecule has 170 valence electrons. The van der Waals surface area contributed by atoms with Gasteiger partial charge in [0.25, 0.3) is 0 Å². The van der Waals surface area contributed by atoms with Gasteiger partial charge < -0.3 is 0 Å². The van der Waals surface area contributed by atoms with Crippen LogP contribution >= 0.6 is 31.9 Å². The van der Waals surface area contributed by atoms with Crippen molar-refractivity contribution in [3.8, 4) is 0 Å². The molecule has 0 rings (SSSR count). The normalized spacial score (nSPS) is 16.5. The summed E-state index contributed by atoms with van der Waals surface area (Å²) >= 11 is 2.91. The number of rotatable bonds is 9. The molecule has 0 amide bonds. The highest BCUT2D eigenvalue weighted by Gasteiger charge is 2.94. The second-order valence-electron chi connectivity index (χ2n) is 5.12. The van der Waals surface area contributed by atoms with E-state index >= 15 is 0 Å². The quantitative estimate of drug-likeness (QED) is 0.204. The molecule has 28 heavy (non-hydrogen) atoms. The van der Waals surface area contributed by atoms with Crippen molar-refractivity contribution in [2.45, 2.75) is 47.4 Å². The van der Waals surface area contributed by atoms with E-state index in [0.717, 1.165) is 0 Å². The lowest BCUT2D eigenvalue weighted by Crippen LogP contribution is -2.75. The van der Waals surface area contributed by atoms with Gasteiger partial charge in [-0.15, -0.1) is 0 Å². The van der Waals surface area contributed by atoms with Crippen molar-refractivity contribution in [2.24, 2.45) is 0 Å². The van der Waals surface area contributed by atoms with Crippen LogP contribution in [0.4, 0.5) is 70.2 Å². The van der Waals surface area contributed by atoms with Crippen molar-refractivity contribution >= 4 is 31.9 Å². The van der Waals surface area contributed by atoms with Crippen molar-refractivity contribution < 1.29 is 70.2 Å². The van der Waals surface area contributed by atoms with E-state index in [-0.39, 0.29) is 0 Å². The van der Waals surface area contributed by atoms with Gasteiger partial charge in [-0.3, -0.25) is 0 Å². The lowest BCUT2D eigenvalue weighted by atomic mass is 9.88. The van der Waals surface area contributed by atoms with E-state index in [0.29, 0.717) is 0 Å². The Balaban J connectivity index is 6.69. The molecule has 0 spiro atoms. The predicted molar refractivity (Wildman–Crippen MR) is 67.2 cm³/mol. The van der Waals surface area contributed by atoms with Crippen LogP contribution in [0, 0.1) is 0 Å². The van der Waals surface area contributed by atoms with Crippen molar-refractivity contribution in [1.29, 1.82) is 0 Å². The van der Waals surface area contributed by atoms with E-state index < -0.39 is 58.0 Å². The summed E-state index contributed by atoms with van der Waals surface area (Å²) in [4.78, 5) is 0. The average molecular weight is 588 g/mol. The Morgan fingerprint density at radius 3 is 0.607 bits per heavy atom. The first-order chi connectivity index (χ1) is 11.9. The maximum atomic E-state index is 13.3. The lowest BCUT2D eigenvalue weighted by Gasteiger charge is -2.43. The van der Waals surface area contributed by atoms with E-state index in [1.54, 1.807) is 0 Å². The molecule has 0 N–H and O–H groups in total. The second kappa shape index (κ2) is 7.21. The smallest absolute Gasteiger partial charge is 0.199 e. The van der Waals surface area contributed by atoms with E-state index in [1.165, 1.54) is 31.9 Å². The second-order valence-corrected chi connectivity index (χ2v) is 6.24. The third-order valence-electron chi connectivity index (χ3n) is 3.23. The van der Waals surface area contributed by atoms with Crippen LogP contribution in [0.2, 0.25) is 0 Å². The van der Waals surface area contributed by atoms with Crippen LogP contribution in [0.5, 0.6) is 0 Å². The Labute approximate surface area is 160 Å². The van der Waals surface area contributed by atoms with Gasteiger partial charge >= 0.3 is 47.4 Å². The molecule has 18 heteroatoms. The van der Waals surface area contributed by atoms with Gasteiger partial charge in [0, 0.05) is 0 Å². The molecule has 0 atom stereocenters. The van der Waals surface area contributed by atoms with Crippen LogP contribution in [0.1, 0.15) is 0 Å². The fourth-order valence-corrected chi connectivity index (χ4v) is 2.12. The number of hydrogen-bond donors (Lipinski definition) is 0. The highest BCUT2D eigenvalue weighted by molar-refractivity contribution is 9.09. The van der Waals surface area contributed by atoms with Crippen molar-refractivity contribution in [2.75, 3.05) is 10.7 Å². The van der Waals surface area contributed by atoms with Crippen molar-refractivity contribution in [3.05, 3.63) is 0 Å². The number of hydrogen-bond acceptors (Lipinski definition) is 0. The standard InChI is InChI=1S/C10H4Br2F16/c11-1-3(13,14)5(17,18)7(21,22)9(25,26)10(27,28)8(23,24)6(19,20)4(15,16)2-12/h1-2H2. The Kier molecular flexibility index (Phi) is 7.17. The third-order valence-corrected chi connectivity index (χ3v) is 4.63. The van der Waals surface area contributed by atoms with Crippen LogP contribution in [0.15, 0.2) is 0 Å². The molecule has 0 aromatic heterocycles. The molecule has 0 heterocycles. The minimum absolute atomic E-state index is 1.45. The first kappa shape index (κ1) is 27.8. The van der Waals surface area contributed by atoms with Gasteiger partial charge in [-0.1, -0.05) is 31.9 Å². The lowest BCUT2D eigenvalue weighted by molar-refractivity contribution is -0.450. The fraction of sp³-hybridized carbons (Fsp3) is 1.00. The summed E-state index contributed by atoms with van der Waals surface area (Å²) in [5.41, 5.74) is 0. The Morgan fingerprint density at radius 2 is 0.464 bits per heavy atom. The molecule has 0 aromatic rings. The first-order valence-corrected chi connectivity index (χ1v) is 8.26. The summed E-state index contributed by atoms with van der Waals surface area (Å²) in [6.45, 7) is 0. The Morgan fingerprint density at radius 1 is 0.321 bits per heavy atom. The maximum Gasteiger partial charge on any atom is 0.384 e. The number of alkyl halides is 18. The highest BCUT2D eigenvalue weighted by Crippen LogP contribution is 2.63.